The number of unbranched alkanes of at least 4 members (excludes halogenated alkanes) is 8. The van der Waals surface area contributed by atoms with Crippen molar-refractivity contribution in [3.05, 3.63) is 12.2 Å². The molecule has 0 rings (SSSR count). The molecule has 0 aromatic heterocycles. The maximum Gasteiger partial charge on any atom is 0.305 e. The molecular weight excluding hydrogens is 316 g/mol. The topological polar surface area (TPSA) is 66.8 Å². The lowest BCUT2D eigenvalue weighted by molar-refractivity contribution is -0.147. The summed E-state index contributed by atoms with van der Waals surface area (Å²) >= 11 is 0. The molecule has 0 aromatic rings. The number of hydrogen-bond acceptors (Lipinski definition) is 4. The molecule has 4 heteroatoms. The van der Waals surface area contributed by atoms with Crippen molar-refractivity contribution in [2.45, 2.75) is 103 Å². The van der Waals surface area contributed by atoms with Gasteiger partial charge in [-0.05, 0) is 32.1 Å². The first-order valence-electron chi connectivity index (χ1n) is 12.9. The molecule has 148 valence electrons. The van der Waals surface area contributed by atoms with E-state index < -0.39 is 32.3 Å². The average molecular weight is 364 g/mol. The summed E-state index contributed by atoms with van der Waals surface area (Å²) in [7, 11) is 0. The lowest BCUT2D eigenvalue weighted by Gasteiger charge is -2.08. The second kappa shape index (κ2) is 19.5. The monoisotopic (exact) mass is 363 g/mol. The van der Waals surface area contributed by atoms with Gasteiger partial charge in [-0.1, -0.05) is 70.3 Å². The van der Waals surface area contributed by atoms with Gasteiger partial charge in [0.15, 0.2) is 0 Å². The predicted octanol–water partition coefficient (Wildman–Crippen LogP) is 4.92. The van der Waals surface area contributed by atoms with Crippen LogP contribution in [0, 0.1) is 0 Å². The quantitative estimate of drug-likeness (QED) is 0.206. The number of hydrogen-bond donors (Lipinski definition) is 2. The van der Waals surface area contributed by atoms with Gasteiger partial charge in [0, 0.05) is 16.0 Å². The summed E-state index contributed by atoms with van der Waals surface area (Å²) in [6, 6.07) is 0. The summed E-state index contributed by atoms with van der Waals surface area (Å²) in [5.41, 5.74) is 0. The molecule has 0 aromatic carbocycles. The van der Waals surface area contributed by atoms with Crippen LogP contribution >= 0.6 is 0 Å². The van der Waals surface area contributed by atoms with Crippen LogP contribution in [0.25, 0.3) is 0 Å². The molecule has 0 amide bonds. The van der Waals surface area contributed by atoms with Crippen LogP contribution in [0.15, 0.2) is 12.2 Å². The highest BCUT2D eigenvalue weighted by atomic mass is 16.5. The number of esters is 1. The Bertz CT molecular complexity index is 537. The first kappa shape index (κ1) is 14.2. The van der Waals surface area contributed by atoms with Crippen LogP contribution in [0.2, 0.25) is 0 Å². The van der Waals surface area contributed by atoms with Crippen molar-refractivity contribution in [3.63, 3.8) is 0 Å². The molecule has 0 saturated heterocycles. The summed E-state index contributed by atoms with van der Waals surface area (Å²) in [5.74, 6) is -0.354. The predicted molar refractivity (Wildman–Crippen MR) is 104 cm³/mol. The van der Waals surface area contributed by atoms with Gasteiger partial charge in [-0.15, -0.1) is 0 Å². The van der Waals surface area contributed by atoms with Gasteiger partial charge in [-0.3, -0.25) is 4.79 Å². The molecule has 0 heterocycles. The van der Waals surface area contributed by atoms with E-state index in [0.717, 1.165) is 57.8 Å². The van der Waals surface area contributed by atoms with E-state index in [1.54, 1.807) is 0 Å². The molecule has 0 saturated carbocycles. The second-order valence-electron chi connectivity index (χ2n) is 6.20. The van der Waals surface area contributed by atoms with E-state index >= 15 is 0 Å². The first-order chi connectivity index (χ1) is 14.8. The Kier molecular flexibility index (Phi) is 11.1. The summed E-state index contributed by atoms with van der Waals surface area (Å²) in [6.45, 7) is -3.57. The van der Waals surface area contributed by atoms with Crippen molar-refractivity contribution in [1.82, 2.24) is 0 Å². The third kappa shape index (κ3) is 19.3. The smallest absolute Gasteiger partial charge is 0.305 e. The molecule has 0 spiro atoms. The van der Waals surface area contributed by atoms with E-state index in [1.165, 1.54) is 0 Å². The molecule has 0 bridgehead atoms. The Hall–Kier alpha value is -0.870. The van der Waals surface area contributed by atoms with E-state index in [2.05, 4.69) is 12.2 Å². The van der Waals surface area contributed by atoms with Crippen LogP contribution in [0.3, 0.4) is 0 Å². The zero-order valence-corrected chi connectivity index (χ0v) is 15.3. The van der Waals surface area contributed by atoms with Crippen LogP contribution in [0.5, 0.6) is 0 Å². The fraction of sp³-hybridized carbons (Fsp3) is 0.857. The molecule has 4 nitrogen and oxygen atoms in total. The van der Waals surface area contributed by atoms with Crippen LogP contribution in [-0.2, 0) is 9.53 Å². The van der Waals surface area contributed by atoms with Gasteiger partial charge in [-0.25, -0.2) is 0 Å². The molecule has 0 aliphatic carbocycles. The Morgan fingerprint density at radius 1 is 1.04 bits per heavy atom. The third-order valence-corrected chi connectivity index (χ3v) is 3.83. The van der Waals surface area contributed by atoms with Crippen molar-refractivity contribution in [1.29, 1.82) is 0 Å². The van der Waals surface area contributed by atoms with Crippen molar-refractivity contribution in [3.8, 4) is 0 Å². The van der Waals surface area contributed by atoms with E-state index in [1.807, 2.05) is 0 Å². The Morgan fingerprint density at radius 3 is 2.28 bits per heavy atom. The van der Waals surface area contributed by atoms with Gasteiger partial charge in [-0.2, -0.15) is 0 Å². The zero-order chi connectivity index (χ0) is 24.7. The van der Waals surface area contributed by atoms with Crippen LogP contribution < -0.4 is 0 Å². The highest BCUT2D eigenvalue weighted by molar-refractivity contribution is 5.69. The Labute approximate surface area is 164 Å². The minimum absolute atomic E-state index is 0.107. The molecular formula is C21H40O4. The fourth-order valence-electron chi connectivity index (χ4n) is 2.33. The summed E-state index contributed by atoms with van der Waals surface area (Å²) < 4.78 is 57.1. The van der Waals surface area contributed by atoms with Gasteiger partial charge < -0.3 is 14.9 Å². The second-order valence-corrected chi connectivity index (χ2v) is 6.20. The van der Waals surface area contributed by atoms with Crippen LogP contribution in [-0.4, -0.2) is 35.5 Å². The van der Waals surface area contributed by atoms with E-state index in [-0.39, 0.29) is 19.0 Å². The lowest BCUT2D eigenvalue weighted by Crippen LogP contribution is -2.21. The van der Waals surface area contributed by atoms with Crippen molar-refractivity contribution < 1.29 is 29.3 Å². The minimum atomic E-state index is -2.98. The Balaban J connectivity index is 3.64. The largest absolute Gasteiger partial charge is 0.463 e. The minimum Gasteiger partial charge on any atom is -0.463 e. The highest BCUT2D eigenvalue weighted by Crippen LogP contribution is 2.10. The highest BCUT2D eigenvalue weighted by Gasteiger charge is 2.07. The molecule has 0 fully saturated rings. The van der Waals surface area contributed by atoms with E-state index in [0.29, 0.717) is 12.8 Å². The number of carbonyl (C=O) groups excluding carboxylic acids is 1. The molecule has 0 radical (unpaired) electrons. The number of ether oxygens (including phenoxy) is 1. The van der Waals surface area contributed by atoms with Gasteiger partial charge in [0.1, 0.15) is 12.7 Å². The van der Waals surface area contributed by atoms with Crippen molar-refractivity contribution in [2.75, 3.05) is 13.2 Å². The SMILES string of the molecule is [2H]C([2H])([2H])C([2H])([2H])C([2H])([2H])CCCCC/C=C\CCCCCCCC(=O)OCC(O)CO. The number of aliphatic hydroxyl groups excluding tert-OH is 2. The normalized spacial score (nSPS) is 18.4. The first-order valence-corrected chi connectivity index (χ1v) is 9.44. The van der Waals surface area contributed by atoms with Crippen molar-refractivity contribution in [2.24, 2.45) is 0 Å². The van der Waals surface area contributed by atoms with Crippen LogP contribution in [0.1, 0.15) is 106 Å². The van der Waals surface area contributed by atoms with Gasteiger partial charge in [0.2, 0.25) is 0 Å². The number of aliphatic hydroxyl groups is 2. The number of rotatable bonds is 18. The standard InChI is InChI=1S/C21H40O4/c1-2-3-4-5-6-7-8-9-10-11-12-13-14-15-16-17-21(24)25-19-20(23)18-22/h9-10,20,22-23H,2-8,11-19H2,1H3/b10-9-/i1D3,2D2,3D2. The molecule has 0 aliphatic rings. The molecule has 2 N–H and O–H groups in total. The lowest BCUT2D eigenvalue weighted by atomic mass is 10.1. The summed E-state index contributed by atoms with van der Waals surface area (Å²) in [4.78, 5) is 11.4. The van der Waals surface area contributed by atoms with Gasteiger partial charge in [0.05, 0.1) is 6.61 Å². The molecule has 25 heavy (non-hydrogen) atoms. The van der Waals surface area contributed by atoms with E-state index in [9.17, 15) is 4.79 Å². The summed E-state index contributed by atoms with van der Waals surface area (Å²) in [5, 5.41) is 17.7. The average Bonchev–Trinajstić information content (AvgIpc) is 2.71. The van der Waals surface area contributed by atoms with Crippen molar-refractivity contribution >= 4 is 5.97 Å². The Morgan fingerprint density at radius 2 is 1.64 bits per heavy atom. The summed E-state index contributed by atoms with van der Waals surface area (Å²) in [6.07, 6.45) is 6.90. The number of allylic oxidation sites excluding steroid dienone is 2. The molecule has 1 unspecified atom stereocenters. The molecule has 0 aliphatic heterocycles. The zero-order valence-electron chi connectivity index (χ0n) is 22.3. The fourth-order valence-corrected chi connectivity index (χ4v) is 2.33. The van der Waals surface area contributed by atoms with Gasteiger partial charge >= 0.3 is 5.97 Å². The number of carbonyl (C=O) groups is 1. The maximum atomic E-state index is 11.4. The van der Waals surface area contributed by atoms with Gasteiger partial charge in [0.25, 0.3) is 0 Å². The van der Waals surface area contributed by atoms with E-state index in [4.69, 9.17) is 24.5 Å². The molecule has 1 atom stereocenters. The third-order valence-electron chi connectivity index (χ3n) is 3.83. The van der Waals surface area contributed by atoms with Crippen LogP contribution in [0.4, 0.5) is 0 Å². The maximum absolute atomic E-state index is 11.4.